The van der Waals surface area contributed by atoms with E-state index >= 15 is 0 Å². The number of carbonyl (C=O) groups excluding carboxylic acids is 1. The quantitative estimate of drug-likeness (QED) is 0.465. The van der Waals surface area contributed by atoms with Crippen LogP contribution in [0.25, 0.3) is 0 Å². The lowest BCUT2D eigenvalue weighted by Crippen LogP contribution is -2.29. The maximum absolute atomic E-state index is 11.6. The zero-order valence-electron chi connectivity index (χ0n) is 13.7. The molecular weight excluding hydrogens is 296 g/mol. The maximum Gasteiger partial charge on any atom is 0.407 e. The van der Waals surface area contributed by atoms with Gasteiger partial charge in [-0.3, -0.25) is 0 Å². The molecule has 0 aromatic carbocycles. The maximum atomic E-state index is 11.6. The fourth-order valence-electron chi connectivity index (χ4n) is 3.14. The van der Waals surface area contributed by atoms with Crippen molar-refractivity contribution in [3.05, 3.63) is 0 Å². The monoisotopic (exact) mass is 324 g/mol. The molecule has 0 heterocycles. The Bertz CT molecular complexity index is 401. The Morgan fingerprint density at radius 3 is 2.35 bits per heavy atom. The Morgan fingerprint density at radius 1 is 1.04 bits per heavy atom. The SMILES string of the molecule is NCCOCCOCCNC(=O)OCC1C2CCC#CCC[C@H]21. The Kier molecular flexibility index (Phi) is 8.23. The highest BCUT2D eigenvalue weighted by Crippen LogP contribution is 2.52. The fourth-order valence-corrected chi connectivity index (χ4v) is 3.14. The molecule has 0 radical (unpaired) electrons. The van der Waals surface area contributed by atoms with Crippen LogP contribution in [0.5, 0.6) is 0 Å². The van der Waals surface area contributed by atoms with Gasteiger partial charge in [0.1, 0.15) is 0 Å². The van der Waals surface area contributed by atoms with E-state index in [1.807, 2.05) is 0 Å². The second kappa shape index (κ2) is 10.5. The van der Waals surface area contributed by atoms with Crippen molar-refractivity contribution in [3.8, 4) is 11.8 Å². The predicted molar refractivity (Wildman–Crippen MR) is 86.8 cm³/mol. The van der Waals surface area contributed by atoms with Crippen molar-refractivity contribution >= 4 is 6.09 Å². The van der Waals surface area contributed by atoms with Crippen LogP contribution in [-0.2, 0) is 14.2 Å². The molecule has 2 aliphatic rings. The van der Waals surface area contributed by atoms with E-state index in [-0.39, 0.29) is 6.09 Å². The summed E-state index contributed by atoms with van der Waals surface area (Å²) < 4.78 is 15.8. The summed E-state index contributed by atoms with van der Waals surface area (Å²) in [5.41, 5.74) is 5.30. The van der Waals surface area contributed by atoms with E-state index < -0.39 is 0 Å². The van der Waals surface area contributed by atoms with Gasteiger partial charge in [0, 0.05) is 25.9 Å². The van der Waals surface area contributed by atoms with Crippen molar-refractivity contribution < 1.29 is 19.0 Å². The third-order valence-corrected chi connectivity index (χ3v) is 4.40. The highest BCUT2D eigenvalue weighted by atomic mass is 16.6. The molecule has 130 valence electrons. The topological polar surface area (TPSA) is 82.8 Å². The molecule has 1 saturated carbocycles. The number of hydrogen-bond acceptors (Lipinski definition) is 5. The minimum absolute atomic E-state index is 0.358. The van der Waals surface area contributed by atoms with Crippen molar-refractivity contribution in [1.82, 2.24) is 5.32 Å². The molecule has 2 rings (SSSR count). The number of alkyl carbamates (subject to hydrolysis) is 1. The Morgan fingerprint density at radius 2 is 1.70 bits per heavy atom. The van der Waals surface area contributed by atoms with Gasteiger partial charge in [0.25, 0.3) is 0 Å². The second-order valence-corrected chi connectivity index (χ2v) is 5.96. The fraction of sp³-hybridized carbons (Fsp3) is 0.824. The lowest BCUT2D eigenvalue weighted by molar-refractivity contribution is 0.0511. The van der Waals surface area contributed by atoms with E-state index in [0.717, 1.165) is 25.7 Å². The summed E-state index contributed by atoms with van der Waals surface area (Å²) in [6.07, 6.45) is 3.90. The molecule has 1 amide bonds. The summed E-state index contributed by atoms with van der Waals surface area (Å²) in [5, 5.41) is 2.70. The van der Waals surface area contributed by atoms with Crippen LogP contribution in [0.2, 0.25) is 0 Å². The summed E-state index contributed by atoms with van der Waals surface area (Å²) in [6, 6.07) is 0. The normalized spacial score (nSPS) is 25.3. The molecule has 3 N–H and O–H groups in total. The molecule has 0 aromatic rings. The summed E-state index contributed by atoms with van der Waals surface area (Å²) in [6.45, 7) is 3.51. The molecule has 0 spiro atoms. The molecule has 0 aromatic heterocycles. The highest BCUT2D eigenvalue weighted by molar-refractivity contribution is 5.67. The van der Waals surface area contributed by atoms with Crippen molar-refractivity contribution in [2.24, 2.45) is 23.5 Å². The van der Waals surface area contributed by atoms with Crippen LogP contribution in [0.3, 0.4) is 0 Å². The molecule has 3 atom stereocenters. The van der Waals surface area contributed by atoms with Gasteiger partial charge in [0.2, 0.25) is 0 Å². The number of ether oxygens (including phenoxy) is 3. The van der Waals surface area contributed by atoms with Crippen LogP contribution in [0.15, 0.2) is 0 Å². The standard InChI is InChI=1S/C17H28N2O4/c18-7-9-21-11-12-22-10-8-19-17(20)23-13-16-14-5-3-1-2-4-6-15(14)16/h14-16H,3-13,18H2,(H,19,20)/t14-,15?,16?/m1/s1. The molecule has 1 fully saturated rings. The Labute approximate surface area is 138 Å². The first kappa shape index (κ1) is 18.1. The van der Waals surface area contributed by atoms with Crippen molar-refractivity contribution in [2.45, 2.75) is 25.7 Å². The first-order valence-corrected chi connectivity index (χ1v) is 8.55. The van der Waals surface area contributed by atoms with Crippen molar-refractivity contribution in [1.29, 1.82) is 0 Å². The minimum atomic E-state index is -0.358. The van der Waals surface area contributed by atoms with Gasteiger partial charge in [-0.15, -0.1) is 11.8 Å². The second-order valence-electron chi connectivity index (χ2n) is 5.96. The lowest BCUT2D eigenvalue weighted by atomic mass is 10.1. The lowest BCUT2D eigenvalue weighted by Gasteiger charge is -2.08. The van der Waals surface area contributed by atoms with Crippen LogP contribution in [0.4, 0.5) is 4.79 Å². The van der Waals surface area contributed by atoms with Gasteiger partial charge < -0.3 is 25.3 Å². The minimum Gasteiger partial charge on any atom is -0.449 e. The van der Waals surface area contributed by atoms with Gasteiger partial charge in [0.15, 0.2) is 0 Å². The average Bonchev–Trinajstić information content (AvgIpc) is 3.17. The average molecular weight is 324 g/mol. The number of hydrogen-bond donors (Lipinski definition) is 2. The predicted octanol–water partition coefficient (Wildman–Crippen LogP) is 1.14. The van der Waals surface area contributed by atoms with Gasteiger partial charge >= 0.3 is 6.09 Å². The number of fused-ring (bicyclic) bond motifs is 1. The van der Waals surface area contributed by atoms with Gasteiger partial charge in [-0.05, 0) is 30.6 Å². The van der Waals surface area contributed by atoms with Crippen molar-refractivity contribution in [3.63, 3.8) is 0 Å². The van der Waals surface area contributed by atoms with Gasteiger partial charge in [0.05, 0.1) is 33.0 Å². The van der Waals surface area contributed by atoms with Crippen LogP contribution >= 0.6 is 0 Å². The van der Waals surface area contributed by atoms with E-state index in [4.69, 9.17) is 19.9 Å². The van der Waals surface area contributed by atoms with Crippen LogP contribution in [0.1, 0.15) is 25.7 Å². The molecule has 6 nitrogen and oxygen atoms in total. The Hall–Kier alpha value is -1.29. The van der Waals surface area contributed by atoms with E-state index in [0.29, 0.717) is 63.9 Å². The van der Waals surface area contributed by atoms with Crippen LogP contribution < -0.4 is 11.1 Å². The molecule has 6 heteroatoms. The van der Waals surface area contributed by atoms with Crippen molar-refractivity contribution in [2.75, 3.05) is 46.1 Å². The molecule has 0 saturated heterocycles. The summed E-state index contributed by atoms with van der Waals surface area (Å²) >= 11 is 0. The van der Waals surface area contributed by atoms with Crippen LogP contribution in [-0.4, -0.2) is 52.2 Å². The zero-order valence-corrected chi connectivity index (χ0v) is 13.7. The third kappa shape index (κ3) is 6.78. The third-order valence-electron chi connectivity index (χ3n) is 4.40. The Balaban J connectivity index is 1.44. The number of nitrogens with two attached hydrogens (primary N) is 1. The van der Waals surface area contributed by atoms with E-state index in [9.17, 15) is 4.79 Å². The van der Waals surface area contributed by atoms with Gasteiger partial charge in [-0.25, -0.2) is 4.79 Å². The number of rotatable bonds is 10. The van der Waals surface area contributed by atoms with E-state index in [1.54, 1.807) is 0 Å². The molecule has 2 aliphatic carbocycles. The largest absolute Gasteiger partial charge is 0.449 e. The number of amides is 1. The first-order chi connectivity index (χ1) is 11.3. The van der Waals surface area contributed by atoms with Crippen LogP contribution in [0, 0.1) is 29.6 Å². The van der Waals surface area contributed by atoms with E-state index in [2.05, 4.69) is 17.2 Å². The van der Waals surface area contributed by atoms with Gasteiger partial charge in [-0.2, -0.15) is 0 Å². The molecule has 23 heavy (non-hydrogen) atoms. The molecule has 0 aliphatic heterocycles. The summed E-state index contributed by atoms with van der Waals surface area (Å²) in [5.74, 6) is 8.31. The molecule has 2 unspecified atom stereocenters. The summed E-state index contributed by atoms with van der Waals surface area (Å²) in [7, 11) is 0. The smallest absolute Gasteiger partial charge is 0.407 e. The van der Waals surface area contributed by atoms with E-state index in [1.165, 1.54) is 0 Å². The summed E-state index contributed by atoms with van der Waals surface area (Å²) in [4.78, 5) is 11.6. The number of nitrogens with one attached hydrogen (secondary N) is 1. The molecular formula is C17H28N2O4. The van der Waals surface area contributed by atoms with Gasteiger partial charge in [-0.1, -0.05) is 0 Å². The zero-order chi connectivity index (χ0) is 16.3. The first-order valence-electron chi connectivity index (χ1n) is 8.55. The highest BCUT2D eigenvalue weighted by Gasteiger charge is 2.49. The number of carbonyl (C=O) groups is 1. The molecule has 0 bridgehead atoms.